The highest BCUT2D eigenvalue weighted by Crippen LogP contribution is 2.41. The zero-order valence-corrected chi connectivity index (χ0v) is 17.7. The van der Waals surface area contributed by atoms with Crippen molar-refractivity contribution < 1.29 is 40.7 Å². The molecular formula is C21H18F6N2O3S. The number of nitrogens with zero attached hydrogens (tertiary/aromatic N) is 1. The lowest BCUT2D eigenvalue weighted by atomic mass is 10.0. The van der Waals surface area contributed by atoms with E-state index in [1.54, 1.807) is 0 Å². The maximum atomic E-state index is 12.9. The fourth-order valence-corrected chi connectivity index (χ4v) is 5.13. The summed E-state index contributed by atoms with van der Waals surface area (Å²) in [7, 11) is 0. The molecule has 4 rings (SSSR count). The molecule has 4 unspecified atom stereocenters. The van der Waals surface area contributed by atoms with Gasteiger partial charge in [0, 0.05) is 6.42 Å². The van der Waals surface area contributed by atoms with Crippen LogP contribution in [0.1, 0.15) is 40.7 Å². The molecule has 33 heavy (non-hydrogen) atoms. The number of amidine groups is 1. The number of hydrogen-bond donors (Lipinski definition) is 1. The molecule has 1 aromatic rings. The molecule has 0 spiro atoms. The quantitative estimate of drug-likeness (QED) is 0.364. The Morgan fingerprint density at radius 3 is 2.27 bits per heavy atom. The van der Waals surface area contributed by atoms with E-state index in [1.807, 2.05) is 0 Å². The number of carbonyl (C=O) groups is 2. The maximum absolute atomic E-state index is 12.9. The van der Waals surface area contributed by atoms with E-state index < -0.39 is 40.3 Å². The van der Waals surface area contributed by atoms with Gasteiger partial charge in [-0.3, -0.25) is 9.79 Å². The molecule has 1 saturated carbocycles. The van der Waals surface area contributed by atoms with Crippen molar-refractivity contribution in [3.63, 3.8) is 0 Å². The predicted octanol–water partition coefficient (Wildman–Crippen LogP) is 4.82. The smallest absolute Gasteiger partial charge is 0.416 e. The highest BCUT2D eigenvalue weighted by Gasteiger charge is 2.39. The van der Waals surface area contributed by atoms with Crippen LogP contribution in [0.3, 0.4) is 0 Å². The van der Waals surface area contributed by atoms with Crippen molar-refractivity contribution in [2.45, 2.75) is 42.9 Å². The second-order valence-corrected chi connectivity index (χ2v) is 9.29. The Balaban J connectivity index is 1.35. The zero-order valence-electron chi connectivity index (χ0n) is 16.9. The highest BCUT2D eigenvalue weighted by atomic mass is 32.2. The molecule has 0 radical (unpaired) electrons. The highest BCUT2D eigenvalue weighted by molar-refractivity contribution is 8.15. The molecule has 2 fully saturated rings. The van der Waals surface area contributed by atoms with E-state index in [1.165, 1.54) is 11.8 Å². The Labute approximate surface area is 188 Å². The second-order valence-electron chi connectivity index (χ2n) is 8.10. The molecular weight excluding hydrogens is 474 g/mol. The van der Waals surface area contributed by atoms with Gasteiger partial charge in [0.1, 0.15) is 0 Å². The van der Waals surface area contributed by atoms with Gasteiger partial charge in [-0.15, -0.1) is 0 Å². The van der Waals surface area contributed by atoms with Crippen LogP contribution in [-0.2, 0) is 21.9 Å². The Morgan fingerprint density at radius 1 is 1.06 bits per heavy atom. The van der Waals surface area contributed by atoms with Gasteiger partial charge in [0.2, 0.25) is 5.91 Å². The Kier molecular flexibility index (Phi) is 6.23. The minimum Gasteiger partial charge on any atom is -0.462 e. The average molecular weight is 492 g/mol. The Hall–Kier alpha value is -2.50. The fraction of sp³-hybridized carbons (Fsp3) is 0.476. The van der Waals surface area contributed by atoms with Crippen LogP contribution in [0, 0.1) is 11.8 Å². The molecule has 0 aromatic heterocycles. The first-order chi connectivity index (χ1) is 15.4. The summed E-state index contributed by atoms with van der Waals surface area (Å²) in [6.07, 6.45) is -3.85. The van der Waals surface area contributed by atoms with Gasteiger partial charge in [0.25, 0.3) is 0 Å². The molecule has 12 heteroatoms. The number of esters is 1. The monoisotopic (exact) mass is 492 g/mol. The number of fused-ring (bicyclic) bond motifs is 2. The van der Waals surface area contributed by atoms with Gasteiger partial charge >= 0.3 is 18.3 Å². The van der Waals surface area contributed by atoms with Crippen molar-refractivity contribution in [3.8, 4) is 0 Å². The first-order valence-corrected chi connectivity index (χ1v) is 11.0. The number of amides is 1. The van der Waals surface area contributed by atoms with Gasteiger partial charge in [0.15, 0.2) is 5.17 Å². The summed E-state index contributed by atoms with van der Waals surface area (Å²) in [5.74, 6) is -0.811. The minimum absolute atomic E-state index is 0.0307. The van der Waals surface area contributed by atoms with E-state index in [2.05, 4.69) is 22.5 Å². The molecule has 1 N–H and O–H groups in total. The average Bonchev–Trinajstić information content (AvgIpc) is 3.42. The van der Waals surface area contributed by atoms with Gasteiger partial charge in [-0.2, -0.15) is 26.3 Å². The van der Waals surface area contributed by atoms with Gasteiger partial charge in [-0.05, 0) is 42.9 Å². The standard InChI is InChI=1S/C21H18F6N2O3S/c22-20(23,24)13-7-12(8-14(9-13)21(25,26)27)18(31)32-4-3-16-17(30)29-19(33-16)28-15-6-10-1-2-11(15)5-10/h1-2,7-11,15-16H,3-6H2,(H,28,29,30). The van der Waals surface area contributed by atoms with Gasteiger partial charge < -0.3 is 10.1 Å². The lowest BCUT2D eigenvalue weighted by Crippen LogP contribution is -2.27. The van der Waals surface area contributed by atoms with E-state index in [9.17, 15) is 35.9 Å². The van der Waals surface area contributed by atoms with Crippen LogP contribution in [0.15, 0.2) is 35.3 Å². The van der Waals surface area contributed by atoms with Crippen LogP contribution in [0.25, 0.3) is 0 Å². The molecule has 2 bridgehead atoms. The zero-order chi connectivity index (χ0) is 24.0. The van der Waals surface area contributed by atoms with Crippen LogP contribution in [0.2, 0.25) is 0 Å². The van der Waals surface area contributed by atoms with E-state index in [0.717, 1.165) is 12.8 Å². The molecule has 2 aliphatic carbocycles. The summed E-state index contributed by atoms with van der Waals surface area (Å²) in [5, 5.41) is 2.51. The molecule has 1 heterocycles. The van der Waals surface area contributed by atoms with Gasteiger partial charge in [0.05, 0.1) is 34.6 Å². The summed E-state index contributed by atoms with van der Waals surface area (Å²) in [4.78, 5) is 28.9. The number of aliphatic imine (C=N–C) groups is 1. The number of nitrogens with one attached hydrogen (secondary N) is 1. The van der Waals surface area contributed by atoms with E-state index >= 15 is 0 Å². The van der Waals surface area contributed by atoms with Crippen molar-refractivity contribution >= 4 is 28.8 Å². The predicted molar refractivity (Wildman–Crippen MR) is 107 cm³/mol. The Morgan fingerprint density at radius 2 is 1.73 bits per heavy atom. The number of ether oxygens (including phenoxy) is 1. The topological polar surface area (TPSA) is 67.8 Å². The van der Waals surface area contributed by atoms with E-state index in [-0.39, 0.29) is 31.0 Å². The van der Waals surface area contributed by atoms with Crippen molar-refractivity contribution in [1.29, 1.82) is 0 Å². The van der Waals surface area contributed by atoms with E-state index in [4.69, 9.17) is 4.74 Å². The molecule has 1 aromatic carbocycles. The van der Waals surface area contributed by atoms with Crippen molar-refractivity contribution in [1.82, 2.24) is 5.32 Å². The number of thioether (sulfide) groups is 1. The largest absolute Gasteiger partial charge is 0.462 e. The van der Waals surface area contributed by atoms with Gasteiger partial charge in [-0.1, -0.05) is 23.9 Å². The van der Waals surface area contributed by atoms with Crippen LogP contribution in [-0.4, -0.2) is 34.9 Å². The molecule has 1 amide bonds. The van der Waals surface area contributed by atoms with Crippen LogP contribution in [0.4, 0.5) is 26.3 Å². The van der Waals surface area contributed by atoms with Crippen LogP contribution < -0.4 is 5.32 Å². The molecule has 1 aliphatic heterocycles. The number of benzene rings is 1. The Bertz CT molecular complexity index is 988. The number of carbonyl (C=O) groups excluding carboxylic acids is 2. The molecule has 5 nitrogen and oxygen atoms in total. The number of hydrogen-bond acceptors (Lipinski definition) is 5. The first-order valence-electron chi connectivity index (χ1n) is 10.1. The van der Waals surface area contributed by atoms with Crippen LogP contribution in [0.5, 0.6) is 0 Å². The molecule has 4 atom stereocenters. The summed E-state index contributed by atoms with van der Waals surface area (Å²) in [6.45, 7) is -0.355. The third-order valence-electron chi connectivity index (χ3n) is 5.74. The lowest BCUT2D eigenvalue weighted by molar-refractivity contribution is -0.143. The van der Waals surface area contributed by atoms with Gasteiger partial charge in [-0.25, -0.2) is 4.79 Å². The van der Waals surface area contributed by atoms with Crippen molar-refractivity contribution in [2.24, 2.45) is 16.8 Å². The SMILES string of the molecule is O=C(OCCC1SC(=NC2CC3C=CC2C3)NC1=O)c1cc(C(F)(F)F)cc(C(F)(F)F)c1. The number of allylic oxidation sites excluding steroid dienone is 1. The molecule has 3 aliphatic rings. The summed E-state index contributed by atoms with van der Waals surface area (Å²) < 4.78 is 82.6. The first kappa shape index (κ1) is 23.7. The minimum atomic E-state index is -5.07. The van der Waals surface area contributed by atoms with Crippen molar-refractivity contribution in [2.75, 3.05) is 6.61 Å². The fourth-order valence-electron chi connectivity index (χ4n) is 4.12. The normalized spacial score (nSPS) is 27.9. The maximum Gasteiger partial charge on any atom is 0.416 e. The number of halogens is 6. The summed E-state index contributed by atoms with van der Waals surface area (Å²) >= 11 is 1.17. The number of rotatable bonds is 5. The summed E-state index contributed by atoms with van der Waals surface area (Å²) in [6, 6.07) is 0.651. The number of alkyl halides is 6. The van der Waals surface area contributed by atoms with Crippen LogP contribution >= 0.6 is 11.8 Å². The summed E-state index contributed by atoms with van der Waals surface area (Å²) in [5.41, 5.74) is -4.08. The third kappa shape index (κ3) is 5.36. The lowest BCUT2D eigenvalue weighted by Gasteiger charge is -2.14. The van der Waals surface area contributed by atoms with E-state index in [0.29, 0.717) is 29.1 Å². The van der Waals surface area contributed by atoms with Crippen molar-refractivity contribution in [3.05, 3.63) is 47.0 Å². The third-order valence-corrected chi connectivity index (χ3v) is 6.90. The second kappa shape index (κ2) is 8.69. The molecule has 178 valence electrons. The molecule has 1 saturated heterocycles.